The minimum absolute atomic E-state index is 0.0159. The van der Waals surface area contributed by atoms with Crippen molar-refractivity contribution in [3.8, 4) is 5.75 Å². The van der Waals surface area contributed by atoms with Crippen LogP contribution < -0.4 is 10.1 Å². The topological polar surface area (TPSA) is 51.5 Å². The van der Waals surface area contributed by atoms with Gasteiger partial charge in [0.05, 0.1) is 5.02 Å². The van der Waals surface area contributed by atoms with Crippen molar-refractivity contribution < 1.29 is 22.7 Å². The Kier molecular flexibility index (Phi) is 4.90. The number of nitrogens with one attached hydrogen (secondary N) is 1. The van der Waals surface area contributed by atoms with Crippen LogP contribution in [-0.4, -0.2) is 12.5 Å². The zero-order valence-electron chi connectivity index (χ0n) is 13.2. The molecule has 3 rings (SSSR count). The second kappa shape index (κ2) is 7.11. The Morgan fingerprint density at radius 3 is 2.72 bits per heavy atom. The number of halogens is 3. The number of fused-ring (bicyclic) bond motifs is 1. The van der Waals surface area contributed by atoms with E-state index in [0.717, 1.165) is 5.39 Å². The van der Waals surface area contributed by atoms with Gasteiger partial charge in [-0.1, -0.05) is 41.9 Å². The number of rotatable bonds is 5. The maximum absolute atomic E-state index is 12.4. The van der Waals surface area contributed by atoms with E-state index in [1.54, 1.807) is 37.3 Å². The summed E-state index contributed by atoms with van der Waals surface area (Å²) in [6.45, 7) is -1.16. The molecule has 1 N–H and O–H groups in total. The van der Waals surface area contributed by atoms with Crippen LogP contribution in [0.4, 0.5) is 8.78 Å². The van der Waals surface area contributed by atoms with E-state index in [1.165, 1.54) is 6.07 Å². The molecule has 1 amide bonds. The number of furan rings is 1. The maximum Gasteiger partial charge on any atom is 0.387 e. The summed E-state index contributed by atoms with van der Waals surface area (Å²) in [5.41, 5.74) is 1.53. The van der Waals surface area contributed by atoms with Gasteiger partial charge in [-0.15, -0.1) is 0 Å². The van der Waals surface area contributed by atoms with Crippen molar-refractivity contribution in [2.24, 2.45) is 0 Å². The van der Waals surface area contributed by atoms with Crippen molar-refractivity contribution >= 4 is 28.5 Å². The Bertz CT molecular complexity index is 924. The number of ether oxygens (including phenoxy) is 1. The molecule has 0 saturated carbocycles. The smallest absolute Gasteiger partial charge is 0.387 e. The van der Waals surface area contributed by atoms with Crippen molar-refractivity contribution in [2.45, 2.75) is 20.1 Å². The number of hydrogen-bond acceptors (Lipinski definition) is 3. The summed E-state index contributed by atoms with van der Waals surface area (Å²) in [7, 11) is 0. The second-order valence-electron chi connectivity index (χ2n) is 5.34. The molecule has 1 heterocycles. The molecule has 25 heavy (non-hydrogen) atoms. The fraction of sp³-hybridized carbons (Fsp3) is 0.167. The Morgan fingerprint density at radius 1 is 1.24 bits per heavy atom. The van der Waals surface area contributed by atoms with E-state index in [0.29, 0.717) is 21.7 Å². The van der Waals surface area contributed by atoms with Gasteiger partial charge in [-0.3, -0.25) is 4.79 Å². The number of amides is 1. The van der Waals surface area contributed by atoms with E-state index >= 15 is 0 Å². The predicted octanol–water partition coefficient (Wildman–Crippen LogP) is 4.93. The Balaban J connectivity index is 1.80. The number of carbonyl (C=O) groups is 1. The van der Waals surface area contributed by atoms with Crippen LogP contribution in [0.5, 0.6) is 5.75 Å². The highest BCUT2D eigenvalue weighted by Crippen LogP contribution is 2.30. The molecular weight excluding hydrogens is 352 g/mol. The first-order valence-electron chi connectivity index (χ1n) is 7.46. The van der Waals surface area contributed by atoms with Crippen LogP contribution >= 0.6 is 11.6 Å². The standard InChI is InChI=1S/C18H14ClF2NO3/c1-10-12-6-4-7-13(19)16(12)25-15(10)17(23)22-9-11-5-2-3-8-14(11)24-18(20)21/h2-8,18H,9H2,1H3,(H,22,23). The Hall–Kier alpha value is -2.60. The summed E-state index contributed by atoms with van der Waals surface area (Å²) in [4.78, 5) is 12.4. The summed E-state index contributed by atoms with van der Waals surface area (Å²) in [6, 6.07) is 11.5. The van der Waals surface area contributed by atoms with Crippen LogP contribution in [0.2, 0.25) is 5.02 Å². The van der Waals surface area contributed by atoms with Gasteiger partial charge in [0.25, 0.3) is 5.91 Å². The van der Waals surface area contributed by atoms with Gasteiger partial charge in [0.1, 0.15) is 5.75 Å². The molecule has 2 aromatic carbocycles. The van der Waals surface area contributed by atoms with Gasteiger partial charge in [0.2, 0.25) is 0 Å². The third kappa shape index (κ3) is 3.58. The summed E-state index contributed by atoms with van der Waals surface area (Å²) in [6.07, 6.45) is 0. The number of carbonyl (C=O) groups excluding carboxylic acids is 1. The largest absolute Gasteiger partial charge is 0.449 e. The van der Waals surface area contributed by atoms with Crippen molar-refractivity contribution in [3.05, 3.63) is 64.4 Å². The Morgan fingerprint density at radius 2 is 2.00 bits per heavy atom. The Labute approximate surface area is 147 Å². The molecule has 0 aliphatic rings. The van der Waals surface area contributed by atoms with Crippen LogP contribution in [-0.2, 0) is 6.54 Å². The quantitative estimate of drug-likeness (QED) is 0.697. The monoisotopic (exact) mass is 365 g/mol. The molecule has 1 aromatic heterocycles. The maximum atomic E-state index is 12.4. The number of alkyl halides is 2. The van der Waals surface area contributed by atoms with E-state index in [-0.39, 0.29) is 18.1 Å². The lowest BCUT2D eigenvalue weighted by Crippen LogP contribution is -2.23. The van der Waals surface area contributed by atoms with Crippen LogP contribution in [0.25, 0.3) is 11.0 Å². The van der Waals surface area contributed by atoms with Gasteiger partial charge >= 0.3 is 6.61 Å². The SMILES string of the molecule is Cc1c(C(=O)NCc2ccccc2OC(F)F)oc2c(Cl)cccc12. The molecule has 130 valence electrons. The van der Waals surface area contributed by atoms with Crippen LogP contribution in [0.3, 0.4) is 0 Å². The molecule has 0 aliphatic carbocycles. The van der Waals surface area contributed by atoms with Gasteiger partial charge in [-0.05, 0) is 19.1 Å². The lowest BCUT2D eigenvalue weighted by atomic mass is 10.1. The molecule has 0 bridgehead atoms. The van der Waals surface area contributed by atoms with Gasteiger partial charge in [0.15, 0.2) is 11.3 Å². The minimum Gasteiger partial charge on any atom is -0.449 e. The van der Waals surface area contributed by atoms with Crippen molar-refractivity contribution in [1.29, 1.82) is 0 Å². The molecule has 0 unspecified atom stereocenters. The predicted molar refractivity (Wildman–Crippen MR) is 90.2 cm³/mol. The van der Waals surface area contributed by atoms with Crippen molar-refractivity contribution in [3.63, 3.8) is 0 Å². The zero-order chi connectivity index (χ0) is 18.0. The second-order valence-corrected chi connectivity index (χ2v) is 5.75. The molecule has 0 radical (unpaired) electrons. The van der Waals surface area contributed by atoms with Gasteiger partial charge < -0.3 is 14.5 Å². The minimum atomic E-state index is -2.93. The van der Waals surface area contributed by atoms with Crippen LogP contribution in [0.1, 0.15) is 21.7 Å². The molecule has 7 heteroatoms. The van der Waals surface area contributed by atoms with E-state index in [4.69, 9.17) is 16.0 Å². The average Bonchev–Trinajstić information content (AvgIpc) is 2.92. The fourth-order valence-corrected chi connectivity index (χ4v) is 2.76. The third-order valence-electron chi connectivity index (χ3n) is 3.75. The third-order valence-corrected chi connectivity index (χ3v) is 4.05. The van der Waals surface area contributed by atoms with Gasteiger partial charge in [-0.2, -0.15) is 8.78 Å². The first-order chi connectivity index (χ1) is 12.0. The van der Waals surface area contributed by atoms with Crippen LogP contribution in [0, 0.1) is 6.92 Å². The molecule has 0 fully saturated rings. The number of benzene rings is 2. The average molecular weight is 366 g/mol. The summed E-state index contributed by atoms with van der Waals surface area (Å²) in [5, 5.41) is 3.81. The molecule has 0 spiro atoms. The van der Waals surface area contributed by atoms with E-state index < -0.39 is 12.5 Å². The first kappa shape index (κ1) is 17.2. The van der Waals surface area contributed by atoms with E-state index in [2.05, 4.69) is 10.1 Å². The van der Waals surface area contributed by atoms with E-state index in [1.807, 2.05) is 6.07 Å². The summed E-state index contributed by atoms with van der Waals surface area (Å²) in [5.74, 6) is -0.311. The zero-order valence-corrected chi connectivity index (χ0v) is 13.9. The lowest BCUT2D eigenvalue weighted by Gasteiger charge is -2.11. The van der Waals surface area contributed by atoms with Crippen molar-refractivity contribution in [1.82, 2.24) is 5.32 Å². The number of aryl methyl sites for hydroxylation is 1. The highest BCUT2D eigenvalue weighted by molar-refractivity contribution is 6.35. The number of hydrogen-bond donors (Lipinski definition) is 1. The van der Waals surface area contributed by atoms with Crippen molar-refractivity contribution in [2.75, 3.05) is 0 Å². The fourth-order valence-electron chi connectivity index (χ4n) is 2.54. The normalized spacial score (nSPS) is 11.1. The molecular formula is C18H14ClF2NO3. The molecule has 0 saturated heterocycles. The molecule has 0 aliphatic heterocycles. The lowest BCUT2D eigenvalue weighted by molar-refractivity contribution is -0.0504. The summed E-state index contributed by atoms with van der Waals surface area (Å²) >= 11 is 6.08. The molecule has 4 nitrogen and oxygen atoms in total. The first-order valence-corrected chi connectivity index (χ1v) is 7.83. The molecule has 3 aromatic rings. The van der Waals surface area contributed by atoms with Crippen LogP contribution in [0.15, 0.2) is 46.9 Å². The van der Waals surface area contributed by atoms with E-state index in [9.17, 15) is 13.6 Å². The summed E-state index contributed by atoms with van der Waals surface area (Å²) < 4.78 is 34.9. The number of para-hydroxylation sites is 2. The highest BCUT2D eigenvalue weighted by Gasteiger charge is 2.19. The molecule has 0 atom stereocenters. The van der Waals surface area contributed by atoms with Gasteiger partial charge in [-0.25, -0.2) is 0 Å². The highest BCUT2D eigenvalue weighted by atomic mass is 35.5. The van der Waals surface area contributed by atoms with Gasteiger partial charge in [0, 0.05) is 23.1 Å².